The lowest BCUT2D eigenvalue weighted by atomic mass is 10.1. The molecule has 0 fully saturated rings. The second-order valence-corrected chi connectivity index (χ2v) is 5.63. The van der Waals surface area contributed by atoms with Crippen LogP contribution >= 0.6 is 11.8 Å². The number of unbranched alkanes of at least 4 members (excludes halogenated alkanes) is 1. The molecule has 0 unspecified atom stereocenters. The summed E-state index contributed by atoms with van der Waals surface area (Å²) in [5.41, 5.74) is 1.30. The zero-order valence-electron chi connectivity index (χ0n) is 12.0. The van der Waals surface area contributed by atoms with Crippen LogP contribution in [0.4, 0.5) is 5.69 Å². The van der Waals surface area contributed by atoms with E-state index in [0.29, 0.717) is 5.56 Å². The van der Waals surface area contributed by atoms with E-state index in [0.717, 1.165) is 42.3 Å². The van der Waals surface area contributed by atoms with Gasteiger partial charge in [-0.2, -0.15) is 0 Å². The van der Waals surface area contributed by atoms with Crippen LogP contribution in [0.25, 0.3) is 0 Å². The summed E-state index contributed by atoms with van der Waals surface area (Å²) in [6, 6.07) is 5.77. The Balaban J connectivity index is 3.16. The van der Waals surface area contributed by atoms with Gasteiger partial charge in [0.25, 0.3) is 0 Å². The minimum Gasteiger partial charge on any atom is -0.478 e. The van der Waals surface area contributed by atoms with Gasteiger partial charge < -0.3 is 10.0 Å². The molecule has 1 rings (SSSR count). The van der Waals surface area contributed by atoms with Crippen LogP contribution in [-0.4, -0.2) is 29.9 Å². The first-order valence-electron chi connectivity index (χ1n) is 6.89. The number of thioether (sulfide) groups is 1. The number of carbonyl (C=O) groups is 1. The number of aromatic carboxylic acids is 1. The fraction of sp³-hybridized carbons (Fsp3) is 0.533. The van der Waals surface area contributed by atoms with Crippen LogP contribution in [0.15, 0.2) is 23.1 Å². The number of hydrogen-bond acceptors (Lipinski definition) is 3. The molecule has 4 heteroatoms. The van der Waals surface area contributed by atoms with E-state index >= 15 is 0 Å². The molecule has 3 nitrogen and oxygen atoms in total. The molecule has 0 spiro atoms. The Morgan fingerprint density at radius 2 is 2.05 bits per heavy atom. The average molecular weight is 281 g/mol. The standard InChI is InChI=1S/C15H23NO2S/c1-4-7-11-16(5-2)12-9-8-10-13(19-6-3)14(12)15(17)18/h8-10H,4-7,11H2,1-3H3,(H,17,18). The second-order valence-electron chi connectivity index (χ2n) is 4.32. The van der Waals surface area contributed by atoms with Crippen LogP contribution in [-0.2, 0) is 0 Å². The van der Waals surface area contributed by atoms with Gasteiger partial charge in [0, 0.05) is 18.0 Å². The lowest BCUT2D eigenvalue weighted by Gasteiger charge is -2.25. The molecule has 0 saturated heterocycles. The molecule has 0 saturated carbocycles. The molecule has 0 aliphatic rings. The van der Waals surface area contributed by atoms with Gasteiger partial charge >= 0.3 is 5.97 Å². The first-order chi connectivity index (χ1) is 9.15. The van der Waals surface area contributed by atoms with Gasteiger partial charge in [0.15, 0.2) is 0 Å². The van der Waals surface area contributed by atoms with E-state index < -0.39 is 5.97 Å². The van der Waals surface area contributed by atoms with Crippen LogP contribution < -0.4 is 4.90 Å². The quantitative estimate of drug-likeness (QED) is 0.728. The normalized spacial score (nSPS) is 10.5. The summed E-state index contributed by atoms with van der Waals surface area (Å²) in [5, 5.41) is 9.50. The number of rotatable bonds is 8. The summed E-state index contributed by atoms with van der Waals surface area (Å²) >= 11 is 1.59. The van der Waals surface area contributed by atoms with Crippen molar-refractivity contribution in [3.05, 3.63) is 23.8 Å². The number of carboxylic acid groups (broad SMARTS) is 1. The Bertz CT molecular complexity index is 421. The molecular formula is C15H23NO2S. The Labute approximate surface area is 120 Å². The van der Waals surface area contributed by atoms with E-state index in [1.54, 1.807) is 11.8 Å². The first-order valence-corrected chi connectivity index (χ1v) is 7.88. The number of nitrogens with zero attached hydrogens (tertiary/aromatic N) is 1. The van der Waals surface area contributed by atoms with Gasteiger partial charge in [0.1, 0.15) is 0 Å². The van der Waals surface area contributed by atoms with Gasteiger partial charge in [-0.25, -0.2) is 4.79 Å². The maximum absolute atomic E-state index is 11.6. The predicted molar refractivity (Wildman–Crippen MR) is 82.6 cm³/mol. The van der Waals surface area contributed by atoms with E-state index in [1.165, 1.54) is 0 Å². The van der Waals surface area contributed by atoms with Crippen molar-refractivity contribution in [3.63, 3.8) is 0 Å². The number of hydrogen-bond donors (Lipinski definition) is 1. The van der Waals surface area contributed by atoms with Gasteiger partial charge in [-0.05, 0) is 31.2 Å². The average Bonchev–Trinajstić information content (AvgIpc) is 2.40. The first kappa shape index (κ1) is 15.9. The lowest BCUT2D eigenvalue weighted by Crippen LogP contribution is -2.26. The van der Waals surface area contributed by atoms with Gasteiger partial charge in [0.05, 0.1) is 11.3 Å². The molecule has 19 heavy (non-hydrogen) atoms. The molecule has 0 amide bonds. The molecule has 0 heterocycles. The topological polar surface area (TPSA) is 40.5 Å². The van der Waals surface area contributed by atoms with Crippen LogP contribution in [0, 0.1) is 0 Å². The second kappa shape index (κ2) is 8.10. The van der Waals surface area contributed by atoms with Crippen molar-refractivity contribution in [2.75, 3.05) is 23.7 Å². The zero-order chi connectivity index (χ0) is 14.3. The molecule has 1 aromatic rings. The third-order valence-electron chi connectivity index (χ3n) is 3.02. The van der Waals surface area contributed by atoms with Gasteiger partial charge in [-0.15, -0.1) is 11.8 Å². The fourth-order valence-electron chi connectivity index (χ4n) is 2.07. The molecular weight excluding hydrogens is 258 g/mol. The Hall–Kier alpha value is -1.16. The Morgan fingerprint density at radius 1 is 1.32 bits per heavy atom. The summed E-state index contributed by atoms with van der Waals surface area (Å²) in [4.78, 5) is 14.6. The highest BCUT2D eigenvalue weighted by Crippen LogP contribution is 2.31. The number of benzene rings is 1. The summed E-state index contributed by atoms with van der Waals surface area (Å²) in [6.45, 7) is 8.00. The smallest absolute Gasteiger partial charge is 0.338 e. The minimum atomic E-state index is -0.832. The Morgan fingerprint density at radius 3 is 2.58 bits per heavy atom. The number of anilines is 1. The summed E-state index contributed by atoms with van der Waals surface area (Å²) < 4.78 is 0. The molecule has 106 valence electrons. The van der Waals surface area contributed by atoms with E-state index in [4.69, 9.17) is 0 Å². The van der Waals surface area contributed by atoms with E-state index in [-0.39, 0.29) is 0 Å². The molecule has 0 aliphatic heterocycles. The fourth-order valence-corrected chi connectivity index (χ4v) is 2.89. The molecule has 0 bridgehead atoms. The van der Waals surface area contributed by atoms with E-state index in [1.807, 2.05) is 25.1 Å². The maximum Gasteiger partial charge on any atom is 0.338 e. The third-order valence-corrected chi connectivity index (χ3v) is 3.96. The molecule has 0 atom stereocenters. The van der Waals surface area contributed by atoms with Crippen molar-refractivity contribution in [2.24, 2.45) is 0 Å². The predicted octanol–water partition coefficient (Wildman–Crippen LogP) is 4.12. The number of carboxylic acids is 1. The van der Waals surface area contributed by atoms with Crippen molar-refractivity contribution in [1.29, 1.82) is 0 Å². The monoisotopic (exact) mass is 281 g/mol. The highest BCUT2D eigenvalue weighted by Gasteiger charge is 2.18. The van der Waals surface area contributed by atoms with Crippen LogP contribution in [0.5, 0.6) is 0 Å². The van der Waals surface area contributed by atoms with Crippen LogP contribution in [0.1, 0.15) is 44.0 Å². The summed E-state index contributed by atoms with van der Waals surface area (Å²) in [5.74, 6) is 0.0478. The van der Waals surface area contributed by atoms with Crippen LogP contribution in [0.3, 0.4) is 0 Å². The lowest BCUT2D eigenvalue weighted by molar-refractivity contribution is 0.0694. The molecule has 0 aromatic heterocycles. The van der Waals surface area contributed by atoms with Crippen LogP contribution in [0.2, 0.25) is 0 Å². The van der Waals surface area contributed by atoms with Crippen molar-refractivity contribution in [1.82, 2.24) is 0 Å². The zero-order valence-corrected chi connectivity index (χ0v) is 12.8. The minimum absolute atomic E-state index is 0.451. The molecule has 0 aliphatic carbocycles. The third kappa shape index (κ3) is 4.16. The summed E-state index contributed by atoms with van der Waals surface area (Å²) in [6.07, 6.45) is 2.19. The SMILES string of the molecule is CCCCN(CC)c1cccc(SCC)c1C(=O)O. The Kier molecular flexibility index (Phi) is 6.78. The van der Waals surface area contributed by atoms with Crippen molar-refractivity contribution < 1.29 is 9.90 Å². The molecule has 1 N–H and O–H groups in total. The largest absolute Gasteiger partial charge is 0.478 e. The molecule has 1 aromatic carbocycles. The van der Waals surface area contributed by atoms with E-state index in [9.17, 15) is 9.90 Å². The summed E-state index contributed by atoms with van der Waals surface area (Å²) in [7, 11) is 0. The van der Waals surface area contributed by atoms with Crippen molar-refractivity contribution in [3.8, 4) is 0 Å². The maximum atomic E-state index is 11.6. The highest BCUT2D eigenvalue weighted by molar-refractivity contribution is 7.99. The van der Waals surface area contributed by atoms with Crippen molar-refractivity contribution in [2.45, 2.75) is 38.5 Å². The van der Waals surface area contributed by atoms with Gasteiger partial charge in [0.2, 0.25) is 0 Å². The highest BCUT2D eigenvalue weighted by atomic mass is 32.2. The van der Waals surface area contributed by atoms with Gasteiger partial charge in [-0.3, -0.25) is 0 Å². The van der Waals surface area contributed by atoms with E-state index in [2.05, 4.69) is 18.7 Å². The van der Waals surface area contributed by atoms with Gasteiger partial charge in [-0.1, -0.05) is 26.3 Å². The molecule has 0 radical (unpaired) electrons. The van der Waals surface area contributed by atoms with Crippen molar-refractivity contribution >= 4 is 23.4 Å².